The maximum atomic E-state index is 5.82. The third kappa shape index (κ3) is 4.24. The molecule has 1 rings (SSSR count). The van der Waals surface area contributed by atoms with Crippen LogP contribution in [-0.2, 0) is 0 Å². The van der Waals surface area contributed by atoms with Crippen molar-refractivity contribution >= 4 is 0 Å². The highest BCUT2D eigenvalue weighted by Crippen LogP contribution is 2.34. The minimum Gasteiger partial charge on any atom is -0.494 e. The molecule has 19 heavy (non-hydrogen) atoms. The Hall–Kier alpha value is -1.02. The molecular weight excluding hydrogens is 234 g/mol. The van der Waals surface area contributed by atoms with Crippen molar-refractivity contribution in [3.63, 3.8) is 0 Å². The summed E-state index contributed by atoms with van der Waals surface area (Å²) in [6.07, 6.45) is 2.38. The van der Waals surface area contributed by atoms with Crippen LogP contribution >= 0.6 is 0 Å². The Morgan fingerprint density at radius 3 is 2.32 bits per heavy atom. The summed E-state index contributed by atoms with van der Waals surface area (Å²) in [5.41, 5.74) is 2.62. The highest BCUT2D eigenvalue weighted by Gasteiger charge is 2.22. The molecule has 0 amide bonds. The second-order valence-electron chi connectivity index (χ2n) is 5.09. The molecule has 0 saturated heterocycles. The average molecular weight is 263 g/mol. The van der Waals surface area contributed by atoms with Crippen LogP contribution in [0.25, 0.3) is 0 Å². The third-order valence-electron chi connectivity index (χ3n) is 3.74. The van der Waals surface area contributed by atoms with E-state index in [0.717, 1.165) is 18.9 Å². The van der Waals surface area contributed by atoms with Gasteiger partial charge in [-0.25, -0.2) is 0 Å². The summed E-state index contributed by atoms with van der Waals surface area (Å²) in [5, 5.41) is 3.65. The summed E-state index contributed by atoms with van der Waals surface area (Å²) in [4.78, 5) is 0. The molecule has 1 unspecified atom stereocenters. The first kappa shape index (κ1) is 16.0. The van der Waals surface area contributed by atoms with Gasteiger partial charge < -0.3 is 10.1 Å². The molecule has 0 saturated carbocycles. The molecule has 0 aliphatic heterocycles. The first-order chi connectivity index (χ1) is 9.17. The average Bonchev–Trinajstić information content (AvgIpc) is 2.41. The first-order valence-electron chi connectivity index (χ1n) is 7.64. The van der Waals surface area contributed by atoms with Crippen LogP contribution in [0.15, 0.2) is 18.2 Å². The van der Waals surface area contributed by atoms with Gasteiger partial charge in [-0.05, 0) is 32.4 Å². The number of hydrogen-bond donors (Lipinski definition) is 1. The van der Waals surface area contributed by atoms with Crippen LogP contribution in [0, 0.1) is 12.8 Å². The molecule has 0 bridgehead atoms. The van der Waals surface area contributed by atoms with E-state index in [1.54, 1.807) is 0 Å². The van der Waals surface area contributed by atoms with Crippen LogP contribution in [0.2, 0.25) is 0 Å². The van der Waals surface area contributed by atoms with Crippen molar-refractivity contribution in [2.45, 2.75) is 53.5 Å². The van der Waals surface area contributed by atoms with Gasteiger partial charge in [-0.1, -0.05) is 51.3 Å². The number of aryl methyl sites for hydroxylation is 1. The zero-order valence-corrected chi connectivity index (χ0v) is 13.1. The zero-order chi connectivity index (χ0) is 14.3. The molecule has 0 radical (unpaired) electrons. The monoisotopic (exact) mass is 263 g/mol. The molecule has 1 atom stereocenters. The summed E-state index contributed by atoms with van der Waals surface area (Å²) < 4.78 is 5.82. The molecule has 0 fully saturated rings. The third-order valence-corrected chi connectivity index (χ3v) is 3.74. The van der Waals surface area contributed by atoms with Gasteiger partial charge in [0.15, 0.2) is 0 Å². The Kier molecular flexibility index (Phi) is 6.93. The van der Waals surface area contributed by atoms with Gasteiger partial charge in [0.25, 0.3) is 0 Å². The molecule has 2 nitrogen and oxygen atoms in total. The Morgan fingerprint density at radius 2 is 1.79 bits per heavy atom. The minimum atomic E-state index is 0.390. The molecule has 0 heterocycles. The van der Waals surface area contributed by atoms with Crippen molar-refractivity contribution in [1.29, 1.82) is 0 Å². The molecule has 108 valence electrons. The van der Waals surface area contributed by atoms with Crippen molar-refractivity contribution in [1.82, 2.24) is 5.32 Å². The Labute approximate surface area is 118 Å². The lowest BCUT2D eigenvalue weighted by Gasteiger charge is -2.28. The van der Waals surface area contributed by atoms with Crippen LogP contribution in [0.1, 0.15) is 57.7 Å². The predicted octanol–water partition coefficient (Wildman–Crippen LogP) is 4.48. The van der Waals surface area contributed by atoms with E-state index in [1.165, 1.54) is 24.0 Å². The summed E-state index contributed by atoms with van der Waals surface area (Å²) in [5.74, 6) is 1.69. The number of hydrogen-bond acceptors (Lipinski definition) is 2. The molecule has 1 aromatic rings. The molecule has 1 N–H and O–H groups in total. The topological polar surface area (TPSA) is 21.3 Å². The van der Waals surface area contributed by atoms with E-state index >= 15 is 0 Å². The van der Waals surface area contributed by atoms with Gasteiger partial charge in [0, 0.05) is 11.6 Å². The van der Waals surface area contributed by atoms with Crippen molar-refractivity contribution in [2.24, 2.45) is 5.92 Å². The lowest BCUT2D eigenvalue weighted by Crippen LogP contribution is -2.28. The Bertz CT molecular complexity index is 372. The molecule has 0 aromatic heterocycles. The highest BCUT2D eigenvalue weighted by molar-refractivity contribution is 5.39. The van der Waals surface area contributed by atoms with Crippen molar-refractivity contribution in [2.75, 3.05) is 13.2 Å². The van der Waals surface area contributed by atoms with Crippen molar-refractivity contribution < 1.29 is 4.74 Å². The largest absolute Gasteiger partial charge is 0.494 e. The predicted molar refractivity (Wildman–Crippen MR) is 82.8 cm³/mol. The van der Waals surface area contributed by atoms with Gasteiger partial charge in [0.05, 0.1) is 6.61 Å². The van der Waals surface area contributed by atoms with Gasteiger partial charge in [0.1, 0.15) is 5.75 Å². The summed E-state index contributed by atoms with van der Waals surface area (Å²) in [6.45, 7) is 12.6. The first-order valence-corrected chi connectivity index (χ1v) is 7.64. The molecule has 0 aliphatic rings. The SMILES string of the molecule is CCNC(c1cc(C)ccc1OCC)C(CC)CC. The minimum absolute atomic E-state index is 0.390. The highest BCUT2D eigenvalue weighted by atomic mass is 16.5. The van der Waals surface area contributed by atoms with E-state index in [4.69, 9.17) is 4.74 Å². The van der Waals surface area contributed by atoms with Crippen molar-refractivity contribution in [3.05, 3.63) is 29.3 Å². The molecule has 1 aromatic carbocycles. The Balaban J connectivity index is 3.15. The van der Waals surface area contributed by atoms with Crippen LogP contribution in [0.5, 0.6) is 5.75 Å². The van der Waals surface area contributed by atoms with E-state index < -0.39 is 0 Å². The van der Waals surface area contributed by atoms with Crippen molar-refractivity contribution in [3.8, 4) is 5.75 Å². The van der Waals surface area contributed by atoms with Gasteiger partial charge in [-0.15, -0.1) is 0 Å². The number of nitrogens with one attached hydrogen (secondary N) is 1. The summed E-state index contributed by atoms with van der Waals surface area (Å²) >= 11 is 0. The van der Waals surface area contributed by atoms with Gasteiger partial charge in [-0.2, -0.15) is 0 Å². The van der Waals surface area contributed by atoms with Gasteiger partial charge >= 0.3 is 0 Å². The standard InChI is InChI=1S/C17H29NO/c1-6-14(7-2)17(18-8-3)15-12-13(5)10-11-16(15)19-9-4/h10-12,14,17-18H,6-9H2,1-5H3. The fourth-order valence-electron chi connectivity index (χ4n) is 2.71. The molecule has 0 aliphatic carbocycles. The fraction of sp³-hybridized carbons (Fsp3) is 0.647. The van der Waals surface area contributed by atoms with Crippen LogP contribution in [0.3, 0.4) is 0 Å². The van der Waals surface area contributed by atoms with Crippen LogP contribution < -0.4 is 10.1 Å². The summed E-state index contributed by atoms with van der Waals surface area (Å²) in [7, 11) is 0. The zero-order valence-electron chi connectivity index (χ0n) is 13.1. The Morgan fingerprint density at radius 1 is 1.11 bits per heavy atom. The second kappa shape index (κ2) is 8.21. The smallest absolute Gasteiger partial charge is 0.124 e. The van der Waals surface area contributed by atoms with E-state index in [0.29, 0.717) is 12.0 Å². The number of ether oxygens (including phenoxy) is 1. The van der Waals surface area contributed by atoms with Crippen LogP contribution in [-0.4, -0.2) is 13.2 Å². The molecular formula is C17H29NO. The summed E-state index contributed by atoms with van der Waals surface area (Å²) in [6, 6.07) is 6.91. The number of benzene rings is 1. The van der Waals surface area contributed by atoms with Gasteiger partial charge in [0.2, 0.25) is 0 Å². The quantitative estimate of drug-likeness (QED) is 0.746. The van der Waals surface area contributed by atoms with E-state index in [1.807, 2.05) is 6.92 Å². The lowest BCUT2D eigenvalue weighted by atomic mass is 9.87. The second-order valence-corrected chi connectivity index (χ2v) is 5.09. The maximum Gasteiger partial charge on any atom is 0.124 e. The lowest BCUT2D eigenvalue weighted by molar-refractivity contribution is 0.306. The normalized spacial score (nSPS) is 12.7. The number of rotatable bonds is 8. The van der Waals surface area contributed by atoms with Crippen LogP contribution in [0.4, 0.5) is 0 Å². The fourth-order valence-corrected chi connectivity index (χ4v) is 2.71. The van der Waals surface area contributed by atoms with E-state index in [9.17, 15) is 0 Å². The molecule has 0 spiro atoms. The van der Waals surface area contributed by atoms with Gasteiger partial charge in [-0.3, -0.25) is 0 Å². The van der Waals surface area contributed by atoms with E-state index in [2.05, 4.69) is 51.2 Å². The van der Waals surface area contributed by atoms with E-state index in [-0.39, 0.29) is 0 Å². The maximum absolute atomic E-state index is 5.82. The molecule has 2 heteroatoms.